The van der Waals surface area contributed by atoms with Crippen molar-refractivity contribution < 1.29 is 0 Å². The van der Waals surface area contributed by atoms with Crippen molar-refractivity contribution in [2.45, 2.75) is 0 Å². The van der Waals surface area contributed by atoms with E-state index in [0.717, 1.165) is 11.4 Å². The highest BCUT2D eigenvalue weighted by Crippen LogP contribution is 2.48. The molecule has 13 aromatic rings. The van der Waals surface area contributed by atoms with Gasteiger partial charge in [-0.3, -0.25) is 0 Å². The van der Waals surface area contributed by atoms with E-state index in [1.807, 2.05) is 22.7 Å². The third kappa shape index (κ3) is 3.63. The SMILES string of the molecule is c1ccc2c(c1)sc1ccc(N(c3ccc4c(c3)n3c5ccccc5c5ccc6c7ccccc7n4c6c53)c3cccc4sc5ccccc5c34)cc12. The van der Waals surface area contributed by atoms with Gasteiger partial charge in [-0.05, 0) is 72.8 Å². The lowest BCUT2D eigenvalue weighted by Crippen LogP contribution is -2.11. The molecule has 53 heavy (non-hydrogen) atoms. The van der Waals surface area contributed by atoms with Crippen molar-refractivity contribution in [2.24, 2.45) is 0 Å². The molecule has 3 nitrogen and oxygen atoms in total. The van der Waals surface area contributed by atoms with Crippen LogP contribution >= 0.6 is 22.7 Å². The molecule has 0 bridgehead atoms. The van der Waals surface area contributed by atoms with E-state index in [0.29, 0.717) is 0 Å². The summed E-state index contributed by atoms with van der Waals surface area (Å²) >= 11 is 3.74. The van der Waals surface area contributed by atoms with Crippen LogP contribution in [0.1, 0.15) is 0 Å². The Morgan fingerprint density at radius 3 is 1.64 bits per heavy atom. The molecule has 8 aromatic carbocycles. The molecule has 0 N–H and O–H groups in total. The molecule has 0 saturated heterocycles. The fourth-order valence-corrected chi connectivity index (χ4v) is 11.5. The lowest BCUT2D eigenvalue weighted by atomic mass is 10.1. The number of para-hydroxylation sites is 2. The second-order valence-corrected chi connectivity index (χ2v) is 16.3. The van der Waals surface area contributed by atoms with Crippen LogP contribution in [0.4, 0.5) is 17.1 Å². The predicted molar refractivity (Wildman–Crippen MR) is 230 cm³/mol. The van der Waals surface area contributed by atoms with Crippen LogP contribution < -0.4 is 4.90 Å². The quantitative estimate of drug-likeness (QED) is 0.166. The second kappa shape index (κ2) is 10.1. The lowest BCUT2D eigenvalue weighted by Gasteiger charge is -2.27. The van der Waals surface area contributed by atoms with Gasteiger partial charge in [0.05, 0.1) is 38.8 Å². The Bertz CT molecular complexity index is 3650. The Kier molecular flexibility index (Phi) is 5.40. The Hall–Kier alpha value is -6.40. The highest BCUT2D eigenvalue weighted by Gasteiger charge is 2.24. The zero-order chi connectivity index (χ0) is 34.4. The number of hydrogen-bond acceptors (Lipinski definition) is 3. The van der Waals surface area contributed by atoms with E-state index in [2.05, 4.69) is 177 Å². The van der Waals surface area contributed by atoms with Gasteiger partial charge < -0.3 is 13.7 Å². The van der Waals surface area contributed by atoms with Gasteiger partial charge in [-0.15, -0.1) is 22.7 Å². The van der Waals surface area contributed by atoms with Crippen LogP contribution in [-0.2, 0) is 0 Å². The number of rotatable bonds is 3. The topological polar surface area (TPSA) is 12.1 Å². The van der Waals surface area contributed by atoms with E-state index in [1.165, 1.54) is 101 Å². The van der Waals surface area contributed by atoms with Gasteiger partial charge in [0.1, 0.15) is 0 Å². The van der Waals surface area contributed by atoms with Gasteiger partial charge in [0.15, 0.2) is 0 Å². The summed E-state index contributed by atoms with van der Waals surface area (Å²) in [6.07, 6.45) is 0. The monoisotopic (exact) mass is 709 g/mol. The number of fused-ring (bicyclic) bond motifs is 15. The van der Waals surface area contributed by atoms with Gasteiger partial charge >= 0.3 is 0 Å². The van der Waals surface area contributed by atoms with Crippen molar-refractivity contribution in [1.82, 2.24) is 8.80 Å². The third-order valence-electron chi connectivity index (χ3n) is 11.4. The first-order chi connectivity index (χ1) is 26.3. The molecule has 0 amide bonds. The number of thiophene rings is 2. The molecular formula is C48H27N3S2. The third-order valence-corrected chi connectivity index (χ3v) is 13.7. The minimum Gasteiger partial charge on any atom is -0.310 e. The van der Waals surface area contributed by atoms with Crippen molar-refractivity contribution in [3.05, 3.63) is 164 Å². The number of benzene rings is 8. The van der Waals surface area contributed by atoms with Gasteiger partial charge in [-0.2, -0.15) is 0 Å². The summed E-state index contributed by atoms with van der Waals surface area (Å²) in [6, 6.07) is 61.0. The van der Waals surface area contributed by atoms with E-state index >= 15 is 0 Å². The summed E-state index contributed by atoms with van der Waals surface area (Å²) in [5, 5.41) is 10.3. The molecule has 0 unspecified atom stereocenters. The first kappa shape index (κ1) is 28.2. The van der Waals surface area contributed by atoms with Crippen LogP contribution in [0.2, 0.25) is 0 Å². The van der Waals surface area contributed by atoms with E-state index in [9.17, 15) is 0 Å². The molecule has 0 aliphatic carbocycles. The summed E-state index contributed by atoms with van der Waals surface area (Å²) in [4.78, 5) is 2.50. The number of nitrogens with zero attached hydrogens (tertiary/aromatic N) is 3. The van der Waals surface area contributed by atoms with E-state index in [4.69, 9.17) is 0 Å². The first-order valence-electron chi connectivity index (χ1n) is 18.0. The number of hydrogen-bond donors (Lipinski definition) is 0. The molecule has 0 fully saturated rings. The Morgan fingerprint density at radius 2 is 0.887 bits per heavy atom. The Morgan fingerprint density at radius 1 is 0.340 bits per heavy atom. The van der Waals surface area contributed by atoms with Gasteiger partial charge in [0.2, 0.25) is 0 Å². The van der Waals surface area contributed by atoms with E-state index in [1.54, 1.807) is 0 Å². The molecule has 246 valence electrons. The van der Waals surface area contributed by atoms with Crippen molar-refractivity contribution in [3.8, 4) is 0 Å². The number of aromatic nitrogens is 2. The maximum absolute atomic E-state index is 2.53. The summed E-state index contributed by atoms with van der Waals surface area (Å²) in [5.41, 5.74) is 10.9. The highest BCUT2D eigenvalue weighted by atomic mass is 32.1. The standard InChI is InChI=1S/C48H27N3S2/c1-5-14-37-30(10-1)33-22-23-34-31-11-2-6-15-38(31)51-41-27-29(20-24-39(41)50(37)47(33)48(34)51)49(28-21-25-44-36(26-28)32-12-3-7-17-42(32)52-44)40-16-9-19-45-46(40)35-13-4-8-18-43(35)53-45/h1-27H. The minimum atomic E-state index is 1.13. The van der Waals surface area contributed by atoms with Crippen LogP contribution in [-0.4, -0.2) is 8.80 Å². The van der Waals surface area contributed by atoms with Crippen molar-refractivity contribution in [1.29, 1.82) is 0 Å². The highest BCUT2D eigenvalue weighted by molar-refractivity contribution is 7.26. The average Bonchev–Trinajstić information content (AvgIpc) is 3.96. The zero-order valence-electron chi connectivity index (χ0n) is 28.2. The summed E-state index contributed by atoms with van der Waals surface area (Å²) in [7, 11) is 0. The van der Waals surface area contributed by atoms with Crippen LogP contribution in [0.5, 0.6) is 0 Å². The van der Waals surface area contributed by atoms with Gasteiger partial charge in [0, 0.05) is 73.3 Å². The molecule has 0 saturated carbocycles. The maximum Gasteiger partial charge on any atom is 0.0789 e. The smallest absolute Gasteiger partial charge is 0.0789 e. The van der Waals surface area contributed by atoms with Crippen molar-refractivity contribution in [2.75, 3.05) is 4.90 Å². The molecule has 0 aliphatic rings. The van der Waals surface area contributed by atoms with Crippen molar-refractivity contribution >= 4 is 135 Å². The zero-order valence-corrected chi connectivity index (χ0v) is 29.9. The van der Waals surface area contributed by atoms with E-state index in [-0.39, 0.29) is 0 Å². The van der Waals surface area contributed by atoms with E-state index < -0.39 is 0 Å². The molecule has 13 rings (SSSR count). The molecule has 0 atom stereocenters. The molecule has 5 heteroatoms. The van der Waals surface area contributed by atoms with Crippen LogP contribution in [0, 0.1) is 0 Å². The molecule has 0 aliphatic heterocycles. The summed E-state index contributed by atoms with van der Waals surface area (Å²) in [6.45, 7) is 0. The normalized spacial score (nSPS) is 12.5. The molecule has 5 aromatic heterocycles. The fraction of sp³-hybridized carbons (Fsp3) is 0. The van der Waals surface area contributed by atoms with Crippen LogP contribution in [0.3, 0.4) is 0 Å². The minimum absolute atomic E-state index is 1.13. The fourth-order valence-electron chi connectivity index (χ4n) is 9.24. The van der Waals surface area contributed by atoms with Gasteiger partial charge in [-0.25, -0.2) is 0 Å². The van der Waals surface area contributed by atoms with Gasteiger partial charge in [-0.1, -0.05) is 91.0 Å². The molecule has 0 spiro atoms. The largest absolute Gasteiger partial charge is 0.310 e. The second-order valence-electron chi connectivity index (χ2n) is 14.1. The van der Waals surface area contributed by atoms with Crippen LogP contribution in [0.25, 0.3) is 95.0 Å². The number of anilines is 3. The lowest BCUT2D eigenvalue weighted by molar-refractivity contribution is 1.24. The Balaban J connectivity index is 1.19. The van der Waals surface area contributed by atoms with Crippen LogP contribution in [0.15, 0.2) is 164 Å². The first-order valence-corrected chi connectivity index (χ1v) is 19.7. The average molecular weight is 710 g/mol. The molecule has 5 heterocycles. The molecular weight excluding hydrogens is 683 g/mol. The summed E-state index contributed by atoms with van der Waals surface area (Å²) < 4.78 is 10.3. The Labute approximate surface area is 310 Å². The molecule has 0 radical (unpaired) electrons. The van der Waals surface area contributed by atoms with Crippen molar-refractivity contribution in [3.63, 3.8) is 0 Å². The summed E-state index contributed by atoms with van der Waals surface area (Å²) in [5.74, 6) is 0. The maximum atomic E-state index is 2.53. The van der Waals surface area contributed by atoms with Gasteiger partial charge in [0.25, 0.3) is 0 Å². The predicted octanol–water partition coefficient (Wildman–Crippen LogP) is 14.4.